The minimum absolute atomic E-state index is 0. The van der Waals surface area contributed by atoms with E-state index in [1.165, 1.54) is 6.92 Å². The maximum atomic E-state index is 13.5. The van der Waals surface area contributed by atoms with Crippen molar-refractivity contribution < 1.29 is 23.2 Å². The summed E-state index contributed by atoms with van der Waals surface area (Å²) in [5.41, 5.74) is 5.07. The minimum atomic E-state index is -3.93. The molecule has 2 N–H and O–H groups in total. The highest BCUT2D eigenvalue weighted by Gasteiger charge is 2.48. The summed E-state index contributed by atoms with van der Waals surface area (Å²) in [7, 11) is 0. The van der Waals surface area contributed by atoms with Crippen molar-refractivity contribution in [2.45, 2.75) is 18.9 Å². The average molecular weight is 317 g/mol. The zero-order chi connectivity index (χ0) is 13.9. The fraction of sp³-hybridized carbons (Fsp3) is 0.444. The molecular weight excluding hydrogens is 306 g/mol. The van der Waals surface area contributed by atoms with E-state index >= 15 is 0 Å². The van der Waals surface area contributed by atoms with Crippen LogP contribution in [0.4, 0.5) is 13.8 Å². The van der Waals surface area contributed by atoms with Crippen molar-refractivity contribution in [3.05, 3.63) is 27.1 Å². The van der Waals surface area contributed by atoms with Gasteiger partial charge in [-0.2, -0.15) is 8.78 Å². The second-order valence-electron chi connectivity index (χ2n) is 3.30. The molecule has 1 heterocycles. The SMILES string of the molecule is CCOC(=O)C(F)(F)[C@@H](N)c1csc([N+](=O)[O-])c1.Cl. The highest BCUT2D eigenvalue weighted by molar-refractivity contribution is 7.13. The predicted molar refractivity (Wildman–Crippen MR) is 66.7 cm³/mol. The van der Waals surface area contributed by atoms with Crippen LogP contribution >= 0.6 is 23.7 Å². The molecule has 0 aromatic carbocycles. The monoisotopic (exact) mass is 316 g/mol. The normalized spacial score (nSPS) is 12.4. The maximum absolute atomic E-state index is 13.5. The summed E-state index contributed by atoms with van der Waals surface area (Å²) >= 11 is 0.663. The van der Waals surface area contributed by atoms with Crippen LogP contribution < -0.4 is 5.73 Å². The molecule has 0 aliphatic rings. The Balaban J connectivity index is 0.00000324. The molecule has 10 heteroatoms. The van der Waals surface area contributed by atoms with Crippen molar-refractivity contribution in [3.8, 4) is 0 Å². The van der Waals surface area contributed by atoms with Gasteiger partial charge < -0.3 is 10.5 Å². The van der Waals surface area contributed by atoms with Gasteiger partial charge in [-0.25, -0.2) is 4.79 Å². The van der Waals surface area contributed by atoms with Crippen molar-refractivity contribution in [1.82, 2.24) is 0 Å². The molecule has 0 aliphatic heterocycles. The molecule has 0 aliphatic carbocycles. The smallest absolute Gasteiger partial charge is 0.379 e. The van der Waals surface area contributed by atoms with Gasteiger partial charge in [-0.1, -0.05) is 11.3 Å². The number of nitrogens with two attached hydrogens (primary N) is 1. The molecule has 6 nitrogen and oxygen atoms in total. The number of carbonyl (C=O) groups excluding carboxylic acids is 1. The van der Waals surface area contributed by atoms with E-state index in [9.17, 15) is 23.7 Å². The Bertz CT molecular complexity index is 469. The molecular formula is C9H11ClF2N2O4S. The largest absolute Gasteiger partial charge is 0.462 e. The standard InChI is InChI=1S/C9H10F2N2O4S.ClH/c1-2-17-8(14)9(10,11)7(12)5-3-6(13(15)16)18-4-5;/h3-4,7H,2,12H2,1H3;1H/t7-;/m0./s1. The number of nitrogens with zero attached hydrogens (tertiary/aromatic N) is 1. The van der Waals surface area contributed by atoms with E-state index in [-0.39, 0.29) is 29.6 Å². The van der Waals surface area contributed by atoms with E-state index in [4.69, 9.17) is 5.73 Å². The molecule has 0 radical (unpaired) electrons. The van der Waals surface area contributed by atoms with Crippen molar-refractivity contribution in [1.29, 1.82) is 0 Å². The van der Waals surface area contributed by atoms with Gasteiger partial charge in [-0.3, -0.25) is 10.1 Å². The Morgan fingerprint density at radius 2 is 2.26 bits per heavy atom. The summed E-state index contributed by atoms with van der Waals surface area (Å²) in [6, 6.07) is -1.05. The first kappa shape index (κ1) is 17.7. The third-order valence-corrected chi connectivity index (χ3v) is 2.98. The first-order valence-corrected chi connectivity index (χ1v) is 5.72. The van der Waals surface area contributed by atoms with Crippen LogP contribution in [-0.2, 0) is 9.53 Å². The van der Waals surface area contributed by atoms with E-state index in [1.54, 1.807) is 0 Å². The minimum Gasteiger partial charge on any atom is -0.462 e. The van der Waals surface area contributed by atoms with Crippen LogP contribution in [0.15, 0.2) is 11.4 Å². The van der Waals surface area contributed by atoms with Crippen LogP contribution in [0, 0.1) is 10.1 Å². The molecule has 0 fully saturated rings. The number of rotatable bonds is 5. The molecule has 1 rings (SSSR count). The van der Waals surface area contributed by atoms with Gasteiger partial charge in [0.05, 0.1) is 11.5 Å². The van der Waals surface area contributed by atoms with Crippen molar-refractivity contribution in [3.63, 3.8) is 0 Å². The third kappa shape index (κ3) is 3.82. The molecule has 1 aromatic heterocycles. The Hall–Kier alpha value is -1.32. The van der Waals surface area contributed by atoms with Crippen LogP contribution in [0.3, 0.4) is 0 Å². The highest BCUT2D eigenvalue weighted by atomic mass is 35.5. The number of carbonyl (C=O) groups is 1. The van der Waals surface area contributed by atoms with Crippen LogP contribution in [-0.4, -0.2) is 23.4 Å². The van der Waals surface area contributed by atoms with Crippen LogP contribution in [0.1, 0.15) is 18.5 Å². The molecule has 1 aromatic rings. The molecule has 0 spiro atoms. The lowest BCUT2D eigenvalue weighted by Gasteiger charge is -2.20. The lowest BCUT2D eigenvalue weighted by Crippen LogP contribution is -2.41. The number of halogens is 3. The molecule has 19 heavy (non-hydrogen) atoms. The highest BCUT2D eigenvalue weighted by Crippen LogP contribution is 2.35. The van der Waals surface area contributed by atoms with E-state index in [0.717, 1.165) is 11.4 Å². The van der Waals surface area contributed by atoms with Crippen molar-refractivity contribution in [2.24, 2.45) is 5.73 Å². The summed E-state index contributed by atoms with van der Waals surface area (Å²) in [6.45, 7) is 1.18. The number of hydrogen-bond donors (Lipinski definition) is 1. The first-order valence-electron chi connectivity index (χ1n) is 4.84. The van der Waals surface area contributed by atoms with Crippen LogP contribution in [0.25, 0.3) is 0 Å². The second kappa shape index (κ2) is 6.73. The average Bonchev–Trinajstić information content (AvgIpc) is 2.77. The molecule has 108 valence electrons. The first-order chi connectivity index (χ1) is 8.30. The maximum Gasteiger partial charge on any atom is 0.379 e. The van der Waals surface area contributed by atoms with Gasteiger partial charge in [0.1, 0.15) is 6.04 Å². The van der Waals surface area contributed by atoms with Gasteiger partial charge in [-0.15, -0.1) is 12.4 Å². The quantitative estimate of drug-likeness (QED) is 0.511. The number of ether oxygens (including phenoxy) is 1. The number of nitro groups is 1. The Morgan fingerprint density at radius 1 is 1.68 bits per heavy atom. The fourth-order valence-corrected chi connectivity index (χ4v) is 1.92. The summed E-state index contributed by atoms with van der Waals surface area (Å²) in [5, 5.41) is 11.2. The Kier molecular flexibility index (Phi) is 6.27. The van der Waals surface area contributed by atoms with E-state index in [0.29, 0.717) is 11.3 Å². The Morgan fingerprint density at radius 3 is 2.68 bits per heavy atom. The zero-order valence-corrected chi connectivity index (χ0v) is 11.3. The predicted octanol–water partition coefficient (Wildman–Crippen LogP) is 2.28. The van der Waals surface area contributed by atoms with E-state index in [1.807, 2.05) is 0 Å². The van der Waals surface area contributed by atoms with Gasteiger partial charge in [0, 0.05) is 11.4 Å². The lowest BCUT2D eigenvalue weighted by molar-refractivity contribution is -0.380. The molecule has 0 saturated carbocycles. The molecule has 0 unspecified atom stereocenters. The van der Waals surface area contributed by atoms with Crippen LogP contribution in [0.2, 0.25) is 0 Å². The second-order valence-corrected chi connectivity index (χ2v) is 4.19. The van der Waals surface area contributed by atoms with Gasteiger partial charge >= 0.3 is 16.9 Å². The lowest BCUT2D eigenvalue weighted by atomic mass is 10.1. The van der Waals surface area contributed by atoms with Crippen molar-refractivity contribution in [2.75, 3.05) is 6.61 Å². The number of hydrogen-bond acceptors (Lipinski definition) is 6. The molecule has 0 saturated heterocycles. The van der Waals surface area contributed by atoms with Gasteiger partial charge in [0.15, 0.2) is 0 Å². The Labute approximate surface area is 117 Å². The summed E-state index contributed by atoms with van der Waals surface area (Å²) in [6.07, 6.45) is 0. The summed E-state index contributed by atoms with van der Waals surface area (Å²) in [5.74, 6) is -5.67. The van der Waals surface area contributed by atoms with E-state index < -0.39 is 22.9 Å². The van der Waals surface area contributed by atoms with Crippen molar-refractivity contribution >= 4 is 34.7 Å². The molecule has 0 amide bonds. The zero-order valence-electron chi connectivity index (χ0n) is 9.67. The molecule has 0 bridgehead atoms. The van der Waals surface area contributed by atoms with Gasteiger partial charge in [0.2, 0.25) is 0 Å². The number of alkyl halides is 2. The van der Waals surface area contributed by atoms with Gasteiger partial charge in [0.25, 0.3) is 0 Å². The topological polar surface area (TPSA) is 95.5 Å². The summed E-state index contributed by atoms with van der Waals surface area (Å²) in [4.78, 5) is 20.7. The fourth-order valence-electron chi connectivity index (χ4n) is 1.16. The number of thiophene rings is 1. The van der Waals surface area contributed by atoms with Crippen LogP contribution in [0.5, 0.6) is 0 Å². The van der Waals surface area contributed by atoms with E-state index in [2.05, 4.69) is 4.74 Å². The third-order valence-electron chi connectivity index (χ3n) is 2.08. The number of esters is 1. The summed E-state index contributed by atoms with van der Waals surface area (Å²) < 4.78 is 31.3. The van der Waals surface area contributed by atoms with Gasteiger partial charge in [-0.05, 0) is 12.5 Å². The molecule has 1 atom stereocenters.